The number of fused-ring (bicyclic) bond motifs is 1. The van der Waals surface area contributed by atoms with Crippen molar-refractivity contribution in [2.75, 3.05) is 7.11 Å². The van der Waals surface area contributed by atoms with Gasteiger partial charge in [-0.3, -0.25) is 0 Å². The highest BCUT2D eigenvalue weighted by molar-refractivity contribution is 5.84. The zero-order chi connectivity index (χ0) is 13.2. The number of pyridine rings is 1. The van der Waals surface area contributed by atoms with Gasteiger partial charge < -0.3 is 9.72 Å². The molecule has 19 heavy (non-hydrogen) atoms. The lowest BCUT2D eigenvalue weighted by atomic mass is 10.1. The number of rotatable bonds is 3. The molecule has 3 rings (SSSR count). The van der Waals surface area contributed by atoms with Gasteiger partial charge in [0.1, 0.15) is 12.8 Å². The van der Waals surface area contributed by atoms with Crippen molar-refractivity contribution in [3.05, 3.63) is 60.0 Å². The highest BCUT2D eigenvalue weighted by Gasteiger charge is 2.07. The van der Waals surface area contributed by atoms with E-state index in [1.165, 1.54) is 16.5 Å². The predicted molar refractivity (Wildman–Crippen MR) is 75.3 cm³/mol. The minimum absolute atomic E-state index is 0.895. The first-order valence-electron chi connectivity index (χ1n) is 6.34. The van der Waals surface area contributed by atoms with Crippen molar-refractivity contribution in [1.82, 2.24) is 4.98 Å². The molecule has 0 aliphatic carbocycles. The van der Waals surface area contributed by atoms with Crippen LogP contribution in [0.4, 0.5) is 0 Å². The molecule has 3 heteroatoms. The van der Waals surface area contributed by atoms with E-state index in [-0.39, 0.29) is 0 Å². The SMILES string of the molecule is COc1ccc2[nH]cc(Cc3ccc[n+](C)c3)c2c1. The second-order valence-corrected chi connectivity index (χ2v) is 4.78. The van der Waals surface area contributed by atoms with Crippen LogP contribution >= 0.6 is 0 Å². The van der Waals surface area contributed by atoms with Crippen molar-refractivity contribution in [2.24, 2.45) is 7.05 Å². The van der Waals surface area contributed by atoms with E-state index in [4.69, 9.17) is 4.74 Å². The molecule has 1 aromatic carbocycles. The van der Waals surface area contributed by atoms with Gasteiger partial charge in [-0.2, -0.15) is 0 Å². The van der Waals surface area contributed by atoms with Gasteiger partial charge in [0.05, 0.1) is 7.11 Å². The minimum Gasteiger partial charge on any atom is -0.497 e. The third kappa shape index (κ3) is 2.32. The molecule has 0 aliphatic heterocycles. The van der Waals surface area contributed by atoms with Crippen molar-refractivity contribution in [1.29, 1.82) is 0 Å². The smallest absolute Gasteiger partial charge is 0.172 e. The Labute approximate surface area is 112 Å². The summed E-state index contributed by atoms with van der Waals surface area (Å²) in [7, 11) is 3.74. The maximum atomic E-state index is 5.30. The van der Waals surface area contributed by atoms with Crippen molar-refractivity contribution >= 4 is 10.9 Å². The highest BCUT2D eigenvalue weighted by Crippen LogP contribution is 2.25. The molecule has 96 valence electrons. The Hall–Kier alpha value is -2.29. The molecule has 3 nitrogen and oxygen atoms in total. The van der Waals surface area contributed by atoms with Crippen LogP contribution in [-0.4, -0.2) is 12.1 Å². The molecule has 0 atom stereocenters. The number of H-pyrrole nitrogens is 1. The molecule has 0 aliphatic rings. The summed E-state index contributed by atoms with van der Waals surface area (Å²) in [5.41, 5.74) is 3.74. The minimum atomic E-state index is 0.895. The van der Waals surface area contributed by atoms with Crippen molar-refractivity contribution in [3.63, 3.8) is 0 Å². The second kappa shape index (κ2) is 4.76. The van der Waals surface area contributed by atoms with Gasteiger partial charge in [0.25, 0.3) is 0 Å². The van der Waals surface area contributed by atoms with Crippen LogP contribution in [0, 0.1) is 0 Å². The first kappa shape index (κ1) is 11.8. The fraction of sp³-hybridized carbons (Fsp3) is 0.188. The lowest BCUT2D eigenvalue weighted by Crippen LogP contribution is -2.26. The van der Waals surface area contributed by atoms with Crippen molar-refractivity contribution in [2.45, 2.75) is 6.42 Å². The summed E-state index contributed by atoms with van der Waals surface area (Å²) in [5.74, 6) is 0.895. The molecule has 0 spiro atoms. The zero-order valence-corrected chi connectivity index (χ0v) is 11.2. The Balaban J connectivity index is 2.00. The number of hydrogen-bond acceptors (Lipinski definition) is 1. The largest absolute Gasteiger partial charge is 0.497 e. The van der Waals surface area contributed by atoms with E-state index < -0.39 is 0 Å². The first-order valence-corrected chi connectivity index (χ1v) is 6.34. The molecule has 0 unspecified atom stereocenters. The average molecular weight is 253 g/mol. The Kier molecular flexibility index (Phi) is 2.95. The van der Waals surface area contributed by atoms with Crippen LogP contribution in [0.15, 0.2) is 48.9 Å². The molecule has 2 heterocycles. The standard InChI is InChI=1S/C16H17N2O/c1-18-7-3-4-12(11-18)8-13-10-17-16-6-5-14(19-2)9-15(13)16/h3-7,9-11,17H,8H2,1-2H3/q+1. The Morgan fingerprint density at radius 3 is 2.95 bits per heavy atom. The summed E-state index contributed by atoms with van der Waals surface area (Å²) in [6.45, 7) is 0. The number of aromatic nitrogens is 2. The Bertz CT molecular complexity index is 716. The number of aromatic amines is 1. The third-order valence-corrected chi connectivity index (χ3v) is 3.37. The van der Waals surface area contributed by atoms with Crippen LogP contribution < -0.4 is 9.30 Å². The van der Waals surface area contributed by atoms with Crippen molar-refractivity contribution < 1.29 is 9.30 Å². The van der Waals surface area contributed by atoms with E-state index in [0.717, 1.165) is 17.7 Å². The maximum Gasteiger partial charge on any atom is 0.172 e. The number of nitrogens with zero attached hydrogens (tertiary/aromatic N) is 1. The van der Waals surface area contributed by atoms with Crippen LogP contribution in [0.25, 0.3) is 10.9 Å². The second-order valence-electron chi connectivity index (χ2n) is 4.78. The summed E-state index contributed by atoms with van der Waals surface area (Å²) in [5, 5.41) is 1.23. The molecule has 2 aromatic heterocycles. The Morgan fingerprint density at radius 2 is 2.16 bits per heavy atom. The number of methoxy groups -OCH3 is 1. The first-order chi connectivity index (χ1) is 9.26. The van der Waals surface area contributed by atoms with E-state index in [2.05, 4.69) is 46.2 Å². The summed E-state index contributed by atoms with van der Waals surface area (Å²) < 4.78 is 7.37. The van der Waals surface area contributed by atoms with Crippen LogP contribution in [-0.2, 0) is 13.5 Å². The number of benzene rings is 1. The maximum absolute atomic E-state index is 5.30. The summed E-state index contributed by atoms with van der Waals surface area (Å²) in [6, 6.07) is 10.3. The van der Waals surface area contributed by atoms with Crippen molar-refractivity contribution in [3.8, 4) is 5.75 Å². The highest BCUT2D eigenvalue weighted by atomic mass is 16.5. The van der Waals surface area contributed by atoms with Crippen LogP contribution in [0.2, 0.25) is 0 Å². The van der Waals surface area contributed by atoms with E-state index in [1.54, 1.807) is 7.11 Å². The third-order valence-electron chi connectivity index (χ3n) is 3.37. The Morgan fingerprint density at radius 1 is 1.26 bits per heavy atom. The molecule has 0 saturated carbocycles. The molecule has 0 saturated heterocycles. The van der Waals surface area contributed by atoms with Crippen LogP contribution in [0.3, 0.4) is 0 Å². The summed E-state index contributed by atoms with van der Waals surface area (Å²) in [6.07, 6.45) is 7.19. The topological polar surface area (TPSA) is 28.9 Å². The van der Waals surface area contributed by atoms with Gasteiger partial charge in [0.15, 0.2) is 12.4 Å². The van der Waals surface area contributed by atoms with Gasteiger partial charge in [-0.05, 0) is 29.8 Å². The molecule has 0 radical (unpaired) electrons. The van der Waals surface area contributed by atoms with Gasteiger partial charge in [-0.15, -0.1) is 0 Å². The summed E-state index contributed by atoms with van der Waals surface area (Å²) >= 11 is 0. The molecule has 0 fully saturated rings. The lowest BCUT2D eigenvalue weighted by Gasteiger charge is -2.02. The van der Waals surface area contributed by atoms with E-state index >= 15 is 0 Å². The molecule has 0 bridgehead atoms. The lowest BCUT2D eigenvalue weighted by molar-refractivity contribution is -0.671. The van der Waals surface area contributed by atoms with Gasteiger partial charge >= 0.3 is 0 Å². The zero-order valence-electron chi connectivity index (χ0n) is 11.2. The van der Waals surface area contributed by atoms with Gasteiger partial charge in [-0.1, -0.05) is 0 Å². The number of nitrogens with one attached hydrogen (secondary N) is 1. The number of hydrogen-bond donors (Lipinski definition) is 1. The predicted octanol–water partition coefficient (Wildman–Crippen LogP) is 2.59. The summed E-state index contributed by atoms with van der Waals surface area (Å²) in [4.78, 5) is 3.31. The number of aryl methyl sites for hydroxylation is 1. The van der Waals surface area contributed by atoms with Crippen LogP contribution in [0.1, 0.15) is 11.1 Å². The quantitative estimate of drug-likeness (QED) is 0.714. The van der Waals surface area contributed by atoms with Gasteiger partial charge in [0.2, 0.25) is 0 Å². The van der Waals surface area contributed by atoms with E-state index in [9.17, 15) is 0 Å². The molecular weight excluding hydrogens is 236 g/mol. The number of ether oxygens (including phenoxy) is 1. The monoisotopic (exact) mass is 253 g/mol. The molecule has 0 amide bonds. The molecular formula is C16H17N2O+. The van der Waals surface area contributed by atoms with Gasteiger partial charge in [0, 0.05) is 35.2 Å². The normalized spacial score (nSPS) is 10.8. The van der Waals surface area contributed by atoms with E-state index in [0.29, 0.717) is 0 Å². The van der Waals surface area contributed by atoms with Crippen LogP contribution in [0.5, 0.6) is 5.75 Å². The fourth-order valence-electron chi connectivity index (χ4n) is 2.41. The molecule has 1 N–H and O–H groups in total. The molecule has 3 aromatic rings. The average Bonchev–Trinajstić information content (AvgIpc) is 2.81. The van der Waals surface area contributed by atoms with E-state index in [1.807, 2.05) is 19.3 Å². The van der Waals surface area contributed by atoms with Gasteiger partial charge in [-0.25, -0.2) is 4.57 Å². The fourth-order valence-corrected chi connectivity index (χ4v) is 2.41.